The summed E-state index contributed by atoms with van der Waals surface area (Å²) in [7, 11) is 1.86. The van der Waals surface area contributed by atoms with Crippen molar-refractivity contribution in [2.45, 2.75) is 56.9 Å². The number of hydrogen-bond acceptors (Lipinski definition) is 4. The summed E-state index contributed by atoms with van der Waals surface area (Å²) in [5.41, 5.74) is -0.202. The van der Waals surface area contributed by atoms with Gasteiger partial charge >= 0.3 is 0 Å². The van der Waals surface area contributed by atoms with Crippen LogP contribution in [0.1, 0.15) is 50.8 Å². The van der Waals surface area contributed by atoms with Gasteiger partial charge in [0.1, 0.15) is 12.2 Å². The van der Waals surface area contributed by atoms with Gasteiger partial charge in [0, 0.05) is 7.05 Å². The predicted octanol–water partition coefficient (Wildman–Crippen LogP) is 1.73. The Morgan fingerprint density at radius 2 is 1.90 bits per heavy atom. The van der Waals surface area contributed by atoms with Crippen LogP contribution < -0.4 is 0 Å². The van der Waals surface area contributed by atoms with Gasteiger partial charge in [0.25, 0.3) is 0 Å². The van der Waals surface area contributed by atoms with Crippen molar-refractivity contribution in [3.8, 4) is 0 Å². The van der Waals surface area contributed by atoms with E-state index in [1.807, 2.05) is 7.05 Å². The summed E-state index contributed by atoms with van der Waals surface area (Å²) in [5, 5.41) is 4.07. The number of aromatic nitrogens is 3. The topological polar surface area (TPSA) is 51.0 Å². The van der Waals surface area contributed by atoms with Crippen molar-refractivity contribution in [3.05, 3.63) is 12.2 Å². The lowest BCUT2D eigenvalue weighted by Gasteiger charge is -2.42. The Balaban J connectivity index is 1.79. The van der Waals surface area contributed by atoms with Crippen molar-refractivity contribution in [1.29, 1.82) is 0 Å². The van der Waals surface area contributed by atoms with Gasteiger partial charge in [-0.1, -0.05) is 19.3 Å². The molecule has 1 aromatic heterocycles. The van der Waals surface area contributed by atoms with Gasteiger partial charge in [-0.3, -0.25) is 14.4 Å². The van der Waals surface area contributed by atoms with E-state index in [-0.39, 0.29) is 5.54 Å². The lowest BCUT2D eigenvalue weighted by atomic mass is 9.86. The number of rotatable bonds is 4. The van der Waals surface area contributed by atoms with E-state index in [4.69, 9.17) is 0 Å². The fourth-order valence-electron chi connectivity index (χ4n) is 3.84. The van der Waals surface area contributed by atoms with Gasteiger partial charge in [-0.15, -0.1) is 0 Å². The fourth-order valence-corrected chi connectivity index (χ4v) is 3.84. The van der Waals surface area contributed by atoms with Crippen LogP contribution in [0.25, 0.3) is 0 Å². The summed E-state index contributed by atoms with van der Waals surface area (Å²) in [5.74, 6) is 1.14. The number of Topliss-reactive ketones (excluding diaryl/α,β-unsaturated/α-hetero) is 1. The Morgan fingerprint density at radius 3 is 2.50 bits per heavy atom. The maximum atomic E-state index is 13.0. The van der Waals surface area contributed by atoms with Crippen LogP contribution in [0.5, 0.6) is 0 Å². The zero-order valence-corrected chi connectivity index (χ0v) is 12.3. The zero-order valence-electron chi connectivity index (χ0n) is 12.3. The second-order valence-corrected chi connectivity index (χ2v) is 6.19. The second-order valence-electron chi connectivity index (χ2n) is 6.19. The molecule has 110 valence electrons. The van der Waals surface area contributed by atoms with Crippen molar-refractivity contribution >= 4 is 5.78 Å². The molecule has 0 radical (unpaired) electrons. The van der Waals surface area contributed by atoms with Crippen molar-refractivity contribution in [2.24, 2.45) is 7.05 Å². The number of piperidine rings is 1. The molecular weight excluding hydrogens is 252 g/mol. The smallest absolute Gasteiger partial charge is 0.160 e. The van der Waals surface area contributed by atoms with Gasteiger partial charge in [-0.25, -0.2) is 4.98 Å². The molecular formula is C15H24N4O. The quantitative estimate of drug-likeness (QED) is 0.840. The van der Waals surface area contributed by atoms with Crippen molar-refractivity contribution in [2.75, 3.05) is 13.1 Å². The minimum atomic E-state index is -0.202. The molecule has 5 nitrogen and oxygen atoms in total. The van der Waals surface area contributed by atoms with Crippen LogP contribution in [0.2, 0.25) is 0 Å². The Bertz CT molecular complexity index is 470. The Hall–Kier alpha value is -1.23. The minimum Gasteiger partial charge on any atom is -0.297 e. The van der Waals surface area contributed by atoms with E-state index in [0.29, 0.717) is 12.2 Å². The largest absolute Gasteiger partial charge is 0.297 e. The molecule has 2 heterocycles. The van der Waals surface area contributed by atoms with E-state index < -0.39 is 0 Å². The lowest BCUT2D eigenvalue weighted by Crippen LogP contribution is -2.55. The monoisotopic (exact) mass is 276 g/mol. The van der Waals surface area contributed by atoms with E-state index in [0.717, 1.165) is 31.8 Å². The van der Waals surface area contributed by atoms with E-state index in [9.17, 15) is 4.79 Å². The van der Waals surface area contributed by atoms with Crippen molar-refractivity contribution in [1.82, 2.24) is 19.7 Å². The van der Waals surface area contributed by atoms with Crippen LogP contribution in [0.15, 0.2) is 6.33 Å². The number of ketones is 1. The molecule has 2 fully saturated rings. The molecule has 0 bridgehead atoms. The van der Waals surface area contributed by atoms with Crippen LogP contribution in [0, 0.1) is 0 Å². The first-order chi connectivity index (χ1) is 9.72. The molecule has 2 aliphatic rings. The minimum absolute atomic E-state index is 0.202. The van der Waals surface area contributed by atoms with Gasteiger partial charge in [-0.05, 0) is 38.8 Å². The van der Waals surface area contributed by atoms with Gasteiger partial charge in [0.2, 0.25) is 0 Å². The van der Waals surface area contributed by atoms with Gasteiger partial charge in [0.05, 0.1) is 12.0 Å². The van der Waals surface area contributed by atoms with Crippen LogP contribution >= 0.6 is 0 Å². The molecule has 0 aromatic carbocycles. The van der Waals surface area contributed by atoms with Gasteiger partial charge < -0.3 is 0 Å². The zero-order chi connectivity index (χ0) is 14.0. The van der Waals surface area contributed by atoms with E-state index >= 15 is 0 Å². The summed E-state index contributed by atoms with van der Waals surface area (Å²) >= 11 is 0. The highest BCUT2D eigenvalue weighted by Crippen LogP contribution is 2.38. The SMILES string of the molecule is Cn1ncnc1CC(=O)C1(N2CCCCC2)CCCC1. The summed E-state index contributed by atoms with van der Waals surface area (Å²) < 4.78 is 1.72. The first kappa shape index (κ1) is 13.7. The van der Waals surface area contributed by atoms with E-state index in [1.165, 1.54) is 38.4 Å². The number of likely N-dealkylation sites (tertiary alicyclic amines) is 1. The number of carbonyl (C=O) groups is 1. The van der Waals surface area contributed by atoms with Crippen molar-refractivity contribution in [3.63, 3.8) is 0 Å². The third kappa shape index (κ3) is 2.39. The number of carbonyl (C=O) groups excluding carboxylic acids is 1. The normalized spacial score (nSPS) is 23.1. The third-order valence-corrected chi connectivity index (χ3v) is 5.03. The second kappa shape index (κ2) is 5.64. The molecule has 5 heteroatoms. The van der Waals surface area contributed by atoms with E-state index in [2.05, 4.69) is 15.0 Å². The number of nitrogens with zero attached hydrogens (tertiary/aromatic N) is 4. The fraction of sp³-hybridized carbons (Fsp3) is 0.800. The van der Waals surface area contributed by atoms with E-state index in [1.54, 1.807) is 4.68 Å². The van der Waals surface area contributed by atoms with Gasteiger partial charge in [-0.2, -0.15) is 5.10 Å². The van der Waals surface area contributed by atoms with Crippen molar-refractivity contribution < 1.29 is 4.79 Å². The molecule has 1 saturated heterocycles. The average Bonchev–Trinajstić information content (AvgIpc) is 3.11. The molecule has 1 saturated carbocycles. The summed E-state index contributed by atoms with van der Waals surface area (Å²) in [6, 6.07) is 0. The highest BCUT2D eigenvalue weighted by Gasteiger charge is 2.45. The summed E-state index contributed by atoms with van der Waals surface area (Å²) in [6.45, 7) is 2.18. The lowest BCUT2D eigenvalue weighted by molar-refractivity contribution is -0.131. The predicted molar refractivity (Wildman–Crippen MR) is 76.3 cm³/mol. The number of hydrogen-bond donors (Lipinski definition) is 0. The average molecular weight is 276 g/mol. The molecule has 1 aromatic rings. The highest BCUT2D eigenvalue weighted by atomic mass is 16.1. The maximum Gasteiger partial charge on any atom is 0.160 e. The molecule has 3 rings (SSSR count). The molecule has 0 amide bonds. The van der Waals surface area contributed by atoms with Gasteiger partial charge in [0.15, 0.2) is 5.78 Å². The molecule has 0 atom stereocenters. The highest BCUT2D eigenvalue weighted by molar-refractivity contribution is 5.90. The Morgan fingerprint density at radius 1 is 1.20 bits per heavy atom. The number of aryl methyl sites for hydroxylation is 1. The van der Waals surface area contributed by atoms with Crippen LogP contribution in [-0.2, 0) is 18.3 Å². The molecule has 1 aliphatic heterocycles. The molecule has 1 aliphatic carbocycles. The standard InChI is InChI=1S/C15H24N4O/c1-18-14(16-12-17-18)11-13(20)15(7-3-4-8-15)19-9-5-2-6-10-19/h12H,2-11H2,1H3. The van der Waals surface area contributed by atoms with Crippen LogP contribution in [0.4, 0.5) is 0 Å². The Kier molecular flexibility index (Phi) is 3.87. The maximum absolute atomic E-state index is 13.0. The first-order valence-electron chi connectivity index (χ1n) is 7.84. The Labute approximate surface area is 120 Å². The molecule has 0 N–H and O–H groups in total. The third-order valence-electron chi connectivity index (χ3n) is 5.03. The molecule has 0 unspecified atom stereocenters. The van der Waals surface area contributed by atoms with Crippen LogP contribution in [0.3, 0.4) is 0 Å². The summed E-state index contributed by atoms with van der Waals surface area (Å²) in [6.07, 6.45) is 10.2. The summed E-state index contributed by atoms with van der Waals surface area (Å²) in [4.78, 5) is 19.7. The first-order valence-corrected chi connectivity index (χ1v) is 7.84. The molecule has 0 spiro atoms. The van der Waals surface area contributed by atoms with Crippen LogP contribution in [-0.4, -0.2) is 44.1 Å². The molecule has 20 heavy (non-hydrogen) atoms.